The van der Waals surface area contributed by atoms with E-state index in [1.807, 2.05) is 12.1 Å². The van der Waals surface area contributed by atoms with Gasteiger partial charge in [-0.25, -0.2) is 0 Å². The third-order valence-corrected chi connectivity index (χ3v) is 4.16. The number of ether oxygens (including phenoxy) is 1. The molecule has 1 N–H and O–H groups in total. The molecule has 3 heteroatoms. The molecule has 0 radical (unpaired) electrons. The van der Waals surface area contributed by atoms with Crippen LogP contribution in [0, 0.1) is 5.41 Å². The van der Waals surface area contributed by atoms with Crippen LogP contribution < -0.4 is 5.32 Å². The third-order valence-electron chi connectivity index (χ3n) is 4.16. The molecule has 0 spiro atoms. The van der Waals surface area contributed by atoms with Crippen LogP contribution >= 0.6 is 0 Å². The summed E-state index contributed by atoms with van der Waals surface area (Å²) in [4.78, 5) is 0. The second kappa shape index (κ2) is 6.58. The van der Waals surface area contributed by atoms with Crippen LogP contribution in [0.2, 0.25) is 0 Å². The fraction of sp³-hybridized carbons (Fsp3) is 0.750. The third kappa shape index (κ3) is 4.66. The highest BCUT2D eigenvalue weighted by atomic mass is 16.5. The van der Waals surface area contributed by atoms with Gasteiger partial charge in [0, 0.05) is 6.54 Å². The molecule has 1 atom stereocenters. The summed E-state index contributed by atoms with van der Waals surface area (Å²) in [5.41, 5.74) is 0.520. The van der Waals surface area contributed by atoms with Gasteiger partial charge in [-0.3, -0.25) is 0 Å². The highest BCUT2D eigenvalue weighted by Gasteiger charge is 2.26. The van der Waals surface area contributed by atoms with E-state index in [4.69, 9.17) is 9.15 Å². The molecule has 1 aromatic heterocycles. The van der Waals surface area contributed by atoms with Crippen molar-refractivity contribution in [2.75, 3.05) is 13.2 Å². The lowest BCUT2D eigenvalue weighted by Gasteiger charge is -2.34. The van der Waals surface area contributed by atoms with Crippen LogP contribution in [0.25, 0.3) is 0 Å². The monoisotopic (exact) mass is 265 g/mol. The van der Waals surface area contributed by atoms with E-state index in [-0.39, 0.29) is 6.04 Å². The predicted octanol–water partition coefficient (Wildman–Crippen LogP) is 3.92. The molecule has 0 aromatic carbocycles. The fourth-order valence-corrected chi connectivity index (χ4v) is 2.68. The zero-order chi connectivity index (χ0) is 13.7. The van der Waals surface area contributed by atoms with Crippen molar-refractivity contribution >= 4 is 0 Å². The van der Waals surface area contributed by atoms with E-state index in [0.717, 1.165) is 18.9 Å². The molecule has 1 aliphatic rings. The van der Waals surface area contributed by atoms with E-state index >= 15 is 0 Å². The Morgan fingerprint density at radius 1 is 1.42 bits per heavy atom. The van der Waals surface area contributed by atoms with Crippen LogP contribution in [0.3, 0.4) is 0 Å². The highest BCUT2D eigenvalue weighted by Crippen LogP contribution is 2.36. The number of hydrogen-bond acceptors (Lipinski definition) is 3. The number of nitrogens with one attached hydrogen (secondary N) is 1. The first-order valence-electron chi connectivity index (χ1n) is 7.45. The Balaban J connectivity index is 1.57. The summed E-state index contributed by atoms with van der Waals surface area (Å²) in [7, 11) is 0. The van der Waals surface area contributed by atoms with E-state index in [1.165, 1.54) is 25.7 Å². The maximum absolute atomic E-state index is 5.95. The van der Waals surface area contributed by atoms with Gasteiger partial charge in [0.1, 0.15) is 5.76 Å². The molecule has 2 rings (SSSR count). The summed E-state index contributed by atoms with van der Waals surface area (Å²) in [6, 6.07) is 4.18. The minimum Gasteiger partial charge on any atom is -0.468 e. The van der Waals surface area contributed by atoms with Gasteiger partial charge in [0.15, 0.2) is 0 Å². The van der Waals surface area contributed by atoms with Crippen LogP contribution in [-0.2, 0) is 4.74 Å². The van der Waals surface area contributed by atoms with Crippen molar-refractivity contribution in [3.05, 3.63) is 24.2 Å². The Morgan fingerprint density at radius 2 is 2.16 bits per heavy atom. The average Bonchev–Trinajstić information content (AvgIpc) is 2.90. The van der Waals surface area contributed by atoms with Gasteiger partial charge in [-0.05, 0) is 50.2 Å². The molecule has 19 heavy (non-hydrogen) atoms. The first kappa shape index (κ1) is 14.6. The molecule has 0 bridgehead atoms. The summed E-state index contributed by atoms with van der Waals surface area (Å²) in [5, 5.41) is 3.42. The second-order valence-electron chi connectivity index (χ2n) is 6.43. The summed E-state index contributed by atoms with van der Waals surface area (Å²) >= 11 is 0. The van der Waals surface area contributed by atoms with Crippen LogP contribution in [0.15, 0.2) is 22.8 Å². The predicted molar refractivity (Wildman–Crippen MR) is 77.1 cm³/mol. The minimum atomic E-state index is 0.254. The lowest BCUT2D eigenvalue weighted by molar-refractivity contribution is 0.00529. The van der Waals surface area contributed by atoms with Crippen molar-refractivity contribution in [1.82, 2.24) is 5.32 Å². The van der Waals surface area contributed by atoms with Crippen molar-refractivity contribution in [2.24, 2.45) is 5.41 Å². The molecule has 1 saturated carbocycles. The maximum atomic E-state index is 5.95. The van der Waals surface area contributed by atoms with Gasteiger partial charge < -0.3 is 14.5 Å². The van der Waals surface area contributed by atoms with Crippen LogP contribution in [0.1, 0.15) is 58.3 Å². The molecule has 0 aliphatic heterocycles. The molecule has 0 amide bonds. The van der Waals surface area contributed by atoms with Crippen molar-refractivity contribution in [2.45, 2.75) is 58.6 Å². The number of hydrogen-bond donors (Lipinski definition) is 1. The molecule has 0 saturated heterocycles. The van der Waals surface area contributed by atoms with Crippen molar-refractivity contribution in [3.8, 4) is 0 Å². The van der Waals surface area contributed by atoms with Crippen molar-refractivity contribution in [3.63, 3.8) is 0 Å². The van der Waals surface area contributed by atoms with Gasteiger partial charge in [-0.15, -0.1) is 0 Å². The van der Waals surface area contributed by atoms with Crippen LogP contribution in [0.4, 0.5) is 0 Å². The van der Waals surface area contributed by atoms with E-state index in [0.29, 0.717) is 11.5 Å². The van der Waals surface area contributed by atoms with E-state index in [9.17, 15) is 0 Å². The summed E-state index contributed by atoms with van der Waals surface area (Å²) in [6.07, 6.45) is 7.17. The van der Waals surface area contributed by atoms with E-state index in [1.54, 1.807) is 6.26 Å². The zero-order valence-electron chi connectivity index (χ0n) is 12.4. The van der Waals surface area contributed by atoms with Gasteiger partial charge in [0.25, 0.3) is 0 Å². The van der Waals surface area contributed by atoms with Crippen LogP contribution in [0.5, 0.6) is 0 Å². The Kier molecular flexibility index (Phi) is 5.06. The van der Waals surface area contributed by atoms with Crippen LogP contribution in [-0.4, -0.2) is 19.3 Å². The van der Waals surface area contributed by atoms with Gasteiger partial charge in [0.2, 0.25) is 0 Å². The second-order valence-corrected chi connectivity index (χ2v) is 6.43. The normalized spacial score (nSPS) is 21.4. The molecule has 1 unspecified atom stereocenters. The fourth-order valence-electron chi connectivity index (χ4n) is 2.68. The van der Waals surface area contributed by atoms with E-state index in [2.05, 4.69) is 26.1 Å². The molecule has 1 aliphatic carbocycles. The summed E-state index contributed by atoms with van der Waals surface area (Å²) in [6.45, 7) is 8.49. The average molecular weight is 265 g/mol. The molecule has 1 aromatic rings. The molecule has 1 fully saturated rings. The molecular formula is C16H27NO2. The Morgan fingerprint density at radius 3 is 2.79 bits per heavy atom. The van der Waals surface area contributed by atoms with Gasteiger partial charge >= 0.3 is 0 Å². The Labute approximate surface area is 116 Å². The minimum absolute atomic E-state index is 0.254. The first-order chi connectivity index (χ1) is 9.07. The number of rotatable bonds is 6. The van der Waals surface area contributed by atoms with Gasteiger partial charge in [-0.1, -0.05) is 13.8 Å². The van der Waals surface area contributed by atoms with Crippen molar-refractivity contribution < 1.29 is 9.15 Å². The topological polar surface area (TPSA) is 34.4 Å². The van der Waals surface area contributed by atoms with E-state index < -0.39 is 0 Å². The molecule has 108 valence electrons. The quantitative estimate of drug-likeness (QED) is 0.792. The highest BCUT2D eigenvalue weighted by molar-refractivity contribution is 5.02. The lowest BCUT2D eigenvalue weighted by Crippen LogP contribution is -2.29. The smallest absolute Gasteiger partial charge is 0.120 e. The number of furan rings is 1. The zero-order valence-corrected chi connectivity index (χ0v) is 12.4. The van der Waals surface area contributed by atoms with Gasteiger partial charge in [0.05, 0.1) is 25.0 Å². The SMILES string of the molecule is CC(NCCOC1CCC(C)(C)CC1)c1ccco1. The van der Waals surface area contributed by atoms with Gasteiger partial charge in [-0.2, -0.15) is 0 Å². The first-order valence-corrected chi connectivity index (χ1v) is 7.45. The lowest BCUT2D eigenvalue weighted by atomic mass is 9.76. The van der Waals surface area contributed by atoms with Crippen molar-refractivity contribution in [1.29, 1.82) is 0 Å². The molecule has 1 heterocycles. The largest absolute Gasteiger partial charge is 0.468 e. The molecule has 3 nitrogen and oxygen atoms in total. The Bertz CT molecular complexity index is 349. The maximum Gasteiger partial charge on any atom is 0.120 e. The standard InChI is InChI=1S/C16H27NO2/c1-13(15-5-4-11-19-15)17-10-12-18-14-6-8-16(2,3)9-7-14/h4-5,11,13-14,17H,6-10,12H2,1-3H3. The summed E-state index contributed by atoms with van der Waals surface area (Å²) in [5.74, 6) is 0.986. The molecular weight excluding hydrogens is 238 g/mol. The summed E-state index contributed by atoms with van der Waals surface area (Å²) < 4.78 is 11.3. The Hall–Kier alpha value is -0.800.